The van der Waals surface area contributed by atoms with Crippen LogP contribution in [0, 0.1) is 11.6 Å². The van der Waals surface area contributed by atoms with Crippen molar-refractivity contribution in [1.82, 2.24) is 0 Å². The molecule has 1 aromatic carbocycles. The van der Waals surface area contributed by atoms with Gasteiger partial charge in [-0.15, -0.1) is 0 Å². The van der Waals surface area contributed by atoms with E-state index in [4.69, 9.17) is 10.8 Å². The average molecular weight is 227 g/mol. The lowest BCUT2D eigenvalue weighted by molar-refractivity contribution is -0.149. The molecule has 1 aromatic rings. The maximum atomic E-state index is 12.7. The summed E-state index contributed by atoms with van der Waals surface area (Å²) in [4.78, 5) is 0. The molecule has 0 spiro atoms. The second kappa shape index (κ2) is 3.65. The van der Waals surface area contributed by atoms with Gasteiger partial charge in [0.2, 0.25) is 0 Å². The van der Waals surface area contributed by atoms with E-state index in [-0.39, 0.29) is 0 Å². The molecule has 0 radical (unpaired) electrons. The van der Waals surface area contributed by atoms with Gasteiger partial charge < -0.3 is 10.8 Å². The normalized spacial score (nSPS) is 14.0. The Kier molecular flexibility index (Phi) is 2.85. The second-order valence-electron chi connectivity index (χ2n) is 2.85. The van der Waals surface area contributed by atoms with Gasteiger partial charge >= 0.3 is 6.18 Å². The van der Waals surface area contributed by atoms with Gasteiger partial charge in [-0.25, -0.2) is 8.78 Å². The predicted octanol–water partition coefficient (Wildman–Crippen LogP) is 2.23. The van der Waals surface area contributed by atoms with Gasteiger partial charge in [0, 0.05) is 0 Å². The Morgan fingerprint density at radius 1 is 1.13 bits per heavy atom. The molecule has 2 nitrogen and oxygen atoms in total. The second-order valence-corrected chi connectivity index (χ2v) is 2.85. The molecule has 0 amide bonds. The van der Waals surface area contributed by atoms with Gasteiger partial charge in [-0.1, -0.05) is 0 Å². The molecule has 0 saturated carbocycles. The molecule has 0 bridgehead atoms. The highest BCUT2D eigenvalue weighted by Gasteiger charge is 2.38. The third kappa shape index (κ3) is 2.35. The summed E-state index contributed by atoms with van der Waals surface area (Å²) in [7, 11) is 0. The molecule has 15 heavy (non-hydrogen) atoms. The van der Waals surface area contributed by atoms with Crippen LogP contribution in [-0.4, -0.2) is 11.3 Å². The lowest BCUT2D eigenvalue weighted by Crippen LogP contribution is -2.28. The monoisotopic (exact) mass is 227 g/mol. The molecule has 0 aliphatic carbocycles. The van der Waals surface area contributed by atoms with E-state index in [9.17, 15) is 22.0 Å². The molecule has 0 saturated heterocycles. The summed E-state index contributed by atoms with van der Waals surface area (Å²) in [5, 5.41) is 8.64. The molecule has 0 unspecified atom stereocenters. The van der Waals surface area contributed by atoms with Crippen molar-refractivity contribution in [3.63, 3.8) is 0 Å². The summed E-state index contributed by atoms with van der Waals surface area (Å²) in [6, 6.07) is -1.80. The first-order valence-electron chi connectivity index (χ1n) is 3.73. The van der Waals surface area contributed by atoms with E-state index in [1.807, 2.05) is 0 Å². The molecular weight excluding hydrogens is 221 g/mol. The molecule has 1 rings (SSSR count). The first-order valence-corrected chi connectivity index (χ1v) is 3.73. The number of hydrogen-bond donors (Lipinski definition) is 2. The van der Waals surface area contributed by atoms with Crippen LogP contribution in [0.15, 0.2) is 12.1 Å². The average Bonchev–Trinajstić information content (AvgIpc) is 2.10. The van der Waals surface area contributed by atoms with E-state index in [0.717, 1.165) is 0 Å². The van der Waals surface area contributed by atoms with Crippen molar-refractivity contribution in [2.24, 2.45) is 5.73 Å². The fourth-order valence-electron chi connectivity index (χ4n) is 0.954. The van der Waals surface area contributed by atoms with E-state index in [1.54, 1.807) is 0 Å². The Labute approximate surface area is 81.1 Å². The fraction of sp³-hybridized carbons (Fsp3) is 0.250. The number of phenols is 1. The molecule has 3 N–H and O–H groups in total. The van der Waals surface area contributed by atoms with Crippen LogP contribution in [-0.2, 0) is 0 Å². The minimum Gasteiger partial charge on any atom is -0.503 e. The van der Waals surface area contributed by atoms with Gasteiger partial charge in [-0.2, -0.15) is 13.2 Å². The number of hydrogen-bond acceptors (Lipinski definition) is 2. The van der Waals surface area contributed by atoms with Crippen LogP contribution in [0.2, 0.25) is 0 Å². The van der Waals surface area contributed by atoms with Crippen molar-refractivity contribution >= 4 is 0 Å². The number of phenolic OH excluding ortho intramolecular Hbond substituents is 1. The predicted molar refractivity (Wildman–Crippen MR) is 41.0 cm³/mol. The highest BCUT2D eigenvalue weighted by molar-refractivity contribution is 5.32. The highest BCUT2D eigenvalue weighted by Crippen LogP contribution is 2.33. The van der Waals surface area contributed by atoms with Gasteiger partial charge in [-0.05, 0) is 17.7 Å². The topological polar surface area (TPSA) is 46.2 Å². The van der Waals surface area contributed by atoms with Crippen LogP contribution < -0.4 is 5.73 Å². The van der Waals surface area contributed by atoms with E-state index >= 15 is 0 Å². The molecule has 0 heterocycles. The highest BCUT2D eigenvalue weighted by atomic mass is 19.4. The molecule has 0 fully saturated rings. The van der Waals surface area contributed by atoms with Crippen molar-refractivity contribution < 1.29 is 27.1 Å². The lowest BCUT2D eigenvalue weighted by Gasteiger charge is -2.16. The number of alkyl halides is 3. The molecular formula is C8H6F5NO. The van der Waals surface area contributed by atoms with Crippen molar-refractivity contribution in [2.45, 2.75) is 12.2 Å². The third-order valence-electron chi connectivity index (χ3n) is 1.75. The Morgan fingerprint density at radius 3 is 1.87 bits per heavy atom. The molecule has 0 aliphatic heterocycles. The van der Waals surface area contributed by atoms with Gasteiger partial charge in [0.1, 0.15) is 6.04 Å². The maximum absolute atomic E-state index is 12.7. The molecule has 0 aromatic heterocycles. The zero-order chi connectivity index (χ0) is 11.8. The first kappa shape index (κ1) is 11.7. The van der Waals surface area contributed by atoms with Gasteiger partial charge in [0.25, 0.3) is 0 Å². The van der Waals surface area contributed by atoms with Crippen LogP contribution in [0.4, 0.5) is 22.0 Å². The summed E-state index contributed by atoms with van der Waals surface area (Å²) >= 11 is 0. The third-order valence-corrected chi connectivity index (χ3v) is 1.75. The SMILES string of the molecule is N[C@H](c1cc(F)c(O)c(F)c1)C(F)(F)F. The minimum absolute atomic E-state index is 0.344. The molecule has 7 heteroatoms. The van der Waals surface area contributed by atoms with Crippen molar-refractivity contribution in [2.75, 3.05) is 0 Å². The van der Waals surface area contributed by atoms with Crippen molar-refractivity contribution in [3.05, 3.63) is 29.3 Å². The number of nitrogens with two attached hydrogens (primary N) is 1. The Morgan fingerprint density at radius 2 is 1.53 bits per heavy atom. The summed E-state index contributed by atoms with van der Waals surface area (Å²) in [6.45, 7) is 0. The van der Waals surface area contributed by atoms with Crippen LogP contribution >= 0.6 is 0 Å². The van der Waals surface area contributed by atoms with Crippen molar-refractivity contribution in [1.29, 1.82) is 0 Å². The zero-order valence-corrected chi connectivity index (χ0v) is 7.15. The molecule has 1 atom stereocenters. The molecule has 84 valence electrons. The Hall–Kier alpha value is -1.37. The Balaban J connectivity index is 3.17. The van der Waals surface area contributed by atoms with E-state index < -0.39 is 35.2 Å². The van der Waals surface area contributed by atoms with Crippen molar-refractivity contribution in [3.8, 4) is 5.75 Å². The quantitative estimate of drug-likeness (QED) is 0.722. The standard InChI is InChI=1S/C8H6F5NO/c9-4-1-3(2-5(10)6(4)15)7(14)8(11,12)13/h1-2,7,15H,14H2/t7-/m1/s1. The smallest absolute Gasteiger partial charge is 0.407 e. The minimum atomic E-state index is -4.80. The number of rotatable bonds is 1. The van der Waals surface area contributed by atoms with Crippen LogP contribution in [0.5, 0.6) is 5.75 Å². The van der Waals surface area contributed by atoms with E-state index in [0.29, 0.717) is 12.1 Å². The first-order chi connectivity index (χ1) is 6.73. The van der Waals surface area contributed by atoms with E-state index in [2.05, 4.69) is 0 Å². The summed E-state index contributed by atoms with van der Waals surface area (Å²) in [5.74, 6) is -4.29. The van der Waals surface area contributed by atoms with Gasteiger partial charge in [0.05, 0.1) is 0 Å². The number of halogens is 5. The van der Waals surface area contributed by atoms with Gasteiger partial charge in [-0.3, -0.25) is 0 Å². The van der Waals surface area contributed by atoms with Gasteiger partial charge in [0.15, 0.2) is 17.4 Å². The number of benzene rings is 1. The van der Waals surface area contributed by atoms with Crippen LogP contribution in [0.25, 0.3) is 0 Å². The number of aromatic hydroxyl groups is 1. The van der Waals surface area contributed by atoms with Crippen LogP contribution in [0.1, 0.15) is 11.6 Å². The maximum Gasteiger partial charge on any atom is 0.407 e. The Bertz CT molecular complexity index is 353. The largest absolute Gasteiger partial charge is 0.503 e. The summed E-state index contributed by atoms with van der Waals surface area (Å²) < 4.78 is 61.6. The fourth-order valence-corrected chi connectivity index (χ4v) is 0.954. The zero-order valence-electron chi connectivity index (χ0n) is 7.15. The summed E-state index contributed by atoms with van der Waals surface area (Å²) in [5.41, 5.74) is 3.94. The van der Waals surface area contributed by atoms with E-state index in [1.165, 1.54) is 0 Å². The molecule has 0 aliphatic rings. The lowest BCUT2D eigenvalue weighted by atomic mass is 10.1. The van der Waals surface area contributed by atoms with Crippen LogP contribution in [0.3, 0.4) is 0 Å². The summed E-state index contributed by atoms with van der Waals surface area (Å²) in [6.07, 6.45) is -4.80.